The molecule has 1 aliphatic carbocycles. The van der Waals surface area contributed by atoms with Crippen LogP contribution >= 0.6 is 0 Å². The summed E-state index contributed by atoms with van der Waals surface area (Å²) in [5, 5.41) is 5.62. The van der Waals surface area contributed by atoms with Gasteiger partial charge in [-0.2, -0.15) is 0 Å². The summed E-state index contributed by atoms with van der Waals surface area (Å²) >= 11 is 0. The molecule has 0 amide bonds. The van der Waals surface area contributed by atoms with Crippen LogP contribution in [0.5, 0.6) is 0 Å². The van der Waals surface area contributed by atoms with Crippen molar-refractivity contribution in [2.75, 3.05) is 0 Å². The fraction of sp³-hybridized carbons (Fsp3) is 0.0667. The van der Waals surface area contributed by atoms with Crippen LogP contribution in [0.4, 0.5) is 10.1 Å². The minimum atomic E-state index is -0.265. The van der Waals surface area contributed by atoms with Crippen molar-refractivity contribution < 1.29 is 4.39 Å². The van der Waals surface area contributed by atoms with Gasteiger partial charge in [-0.1, -0.05) is 105 Å². The normalized spacial score (nSPS) is 13.0. The first kappa shape index (κ1) is 28.1. The molecule has 0 bridgehead atoms. The number of halogens is 1. The summed E-state index contributed by atoms with van der Waals surface area (Å²) in [6, 6.07) is 47.4. The number of rotatable bonds is 3. The van der Waals surface area contributed by atoms with E-state index in [4.69, 9.17) is 11.6 Å². The van der Waals surface area contributed by atoms with E-state index in [1.54, 1.807) is 0 Å². The highest BCUT2D eigenvalue weighted by Crippen LogP contribution is 2.51. The molecule has 7 aromatic carbocycles. The van der Waals surface area contributed by atoms with Gasteiger partial charge in [-0.25, -0.2) is 14.2 Å². The SMILES string of the molecule is [C-]#[N+]c1ccc2c(c1)C(C)(C)c1cc(-c3cccc(-c4cc5c(-c6ccc(F)cc6)nc6ccccc6c5c5ccccc45)c3)ccc1-2. The van der Waals surface area contributed by atoms with Crippen LogP contribution in [0.25, 0.3) is 81.9 Å². The molecule has 2 nitrogen and oxygen atoms in total. The molecule has 0 fully saturated rings. The van der Waals surface area contributed by atoms with Gasteiger partial charge in [0.2, 0.25) is 0 Å². The van der Waals surface area contributed by atoms with Crippen LogP contribution in [0.2, 0.25) is 0 Å². The topological polar surface area (TPSA) is 17.2 Å². The zero-order valence-electron chi connectivity index (χ0n) is 26.6. The zero-order chi connectivity index (χ0) is 32.6. The van der Waals surface area contributed by atoms with E-state index >= 15 is 0 Å². The second kappa shape index (κ2) is 10.5. The lowest BCUT2D eigenvalue weighted by Gasteiger charge is -2.22. The van der Waals surface area contributed by atoms with E-state index in [9.17, 15) is 4.39 Å². The third-order valence-electron chi connectivity index (χ3n) is 10.1. The molecule has 0 radical (unpaired) electrons. The van der Waals surface area contributed by atoms with Gasteiger partial charge in [0.15, 0.2) is 5.69 Å². The first-order chi connectivity index (χ1) is 23.4. The summed E-state index contributed by atoms with van der Waals surface area (Å²) in [5.41, 5.74) is 12.6. The van der Waals surface area contributed by atoms with Gasteiger partial charge in [0.05, 0.1) is 17.8 Å². The molecule has 0 unspecified atom stereocenters. The van der Waals surface area contributed by atoms with Crippen molar-refractivity contribution in [2.24, 2.45) is 0 Å². The Kier molecular flexibility index (Phi) is 6.13. The maximum absolute atomic E-state index is 14.0. The lowest BCUT2D eigenvalue weighted by Crippen LogP contribution is -2.14. The third-order valence-corrected chi connectivity index (χ3v) is 10.1. The van der Waals surface area contributed by atoms with Gasteiger partial charge in [0, 0.05) is 27.1 Å². The number of pyridine rings is 1. The molecule has 0 saturated carbocycles. The van der Waals surface area contributed by atoms with Crippen LogP contribution in [-0.2, 0) is 5.41 Å². The Bertz CT molecular complexity index is 2660. The minimum Gasteiger partial charge on any atom is -0.247 e. The average molecular weight is 617 g/mol. The molecular formula is C45H29FN2. The quantitative estimate of drug-likeness (QED) is 0.143. The molecular weight excluding hydrogens is 588 g/mol. The van der Waals surface area contributed by atoms with E-state index < -0.39 is 0 Å². The van der Waals surface area contributed by atoms with Gasteiger partial charge in [0.1, 0.15) is 5.82 Å². The molecule has 1 aromatic heterocycles. The van der Waals surface area contributed by atoms with Gasteiger partial charge < -0.3 is 0 Å². The Balaban J connectivity index is 1.25. The highest BCUT2D eigenvalue weighted by Gasteiger charge is 2.35. The number of para-hydroxylation sites is 1. The van der Waals surface area contributed by atoms with Gasteiger partial charge in [0.25, 0.3) is 0 Å². The Morgan fingerprint density at radius 3 is 1.98 bits per heavy atom. The second-order valence-corrected chi connectivity index (χ2v) is 13.2. The lowest BCUT2D eigenvalue weighted by molar-refractivity contribution is 0.628. The molecule has 3 heteroatoms. The monoisotopic (exact) mass is 616 g/mol. The summed E-state index contributed by atoms with van der Waals surface area (Å²) < 4.78 is 14.0. The number of hydrogen-bond acceptors (Lipinski definition) is 1. The van der Waals surface area contributed by atoms with Gasteiger partial charge in [-0.3, -0.25) is 0 Å². The van der Waals surface area contributed by atoms with Gasteiger partial charge in [-0.15, -0.1) is 0 Å². The van der Waals surface area contributed by atoms with Crippen LogP contribution in [0.3, 0.4) is 0 Å². The maximum Gasteiger partial charge on any atom is 0.187 e. The highest BCUT2D eigenvalue weighted by atomic mass is 19.1. The maximum atomic E-state index is 14.0. The van der Waals surface area contributed by atoms with E-state index in [-0.39, 0.29) is 11.2 Å². The van der Waals surface area contributed by atoms with Crippen LogP contribution in [0.15, 0.2) is 140 Å². The Hall–Kier alpha value is -6.11. The number of aromatic nitrogens is 1. The largest absolute Gasteiger partial charge is 0.247 e. The highest BCUT2D eigenvalue weighted by molar-refractivity contribution is 6.25. The fourth-order valence-electron chi connectivity index (χ4n) is 7.72. The van der Waals surface area contributed by atoms with Crippen LogP contribution < -0.4 is 0 Å². The van der Waals surface area contributed by atoms with Crippen molar-refractivity contribution >= 4 is 38.1 Å². The smallest absolute Gasteiger partial charge is 0.187 e. The molecule has 1 aliphatic rings. The molecule has 0 N–H and O–H groups in total. The predicted octanol–water partition coefficient (Wildman–Crippen LogP) is 12.5. The molecule has 1 heterocycles. The molecule has 0 aliphatic heterocycles. The van der Waals surface area contributed by atoms with Crippen molar-refractivity contribution in [1.82, 2.24) is 4.98 Å². The lowest BCUT2D eigenvalue weighted by atomic mass is 9.81. The summed E-state index contributed by atoms with van der Waals surface area (Å²) in [4.78, 5) is 8.84. The molecule has 8 aromatic rings. The number of nitrogens with zero attached hydrogens (tertiary/aromatic N) is 2. The average Bonchev–Trinajstić information content (AvgIpc) is 3.36. The molecule has 0 atom stereocenters. The fourth-order valence-corrected chi connectivity index (χ4v) is 7.72. The van der Waals surface area contributed by atoms with Crippen molar-refractivity contribution in [3.63, 3.8) is 0 Å². The van der Waals surface area contributed by atoms with E-state index in [1.807, 2.05) is 36.4 Å². The predicted molar refractivity (Wildman–Crippen MR) is 197 cm³/mol. The van der Waals surface area contributed by atoms with Crippen molar-refractivity contribution in [1.29, 1.82) is 0 Å². The number of hydrogen-bond donors (Lipinski definition) is 0. The van der Waals surface area contributed by atoms with Crippen LogP contribution in [0.1, 0.15) is 25.0 Å². The third kappa shape index (κ3) is 4.20. The van der Waals surface area contributed by atoms with Gasteiger partial charge in [-0.05, 0) is 104 Å². The Morgan fingerprint density at radius 1 is 0.542 bits per heavy atom. The van der Waals surface area contributed by atoms with Crippen molar-refractivity contribution in [3.8, 4) is 44.6 Å². The van der Waals surface area contributed by atoms with E-state index in [0.717, 1.165) is 60.6 Å². The van der Waals surface area contributed by atoms with Crippen LogP contribution in [0, 0.1) is 12.4 Å². The summed E-state index contributed by atoms with van der Waals surface area (Å²) in [6.45, 7) is 12.0. The standard InChI is InChI=1S/C45H29FN2/c1-45(2)40-24-29(17-21-34(40)35-22-20-32(47-3)25-41(35)45)28-9-8-10-30(23-28)38-26-39-43(36-12-5-4-11-33(36)38)37-13-6-7-14-42(37)48-44(39)27-15-18-31(46)19-16-27/h4-26H,1-2H3. The minimum absolute atomic E-state index is 0.208. The van der Waals surface area contributed by atoms with Crippen molar-refractivity contribution in [3.05, 3.63) is 168 Å². The second-order valence-electron chi connectivity index (χ2n) is 13.2. The van der Waals surface area contributed by atoms with Crippen LogP contribution in [-0.4, -0.2) is 4.98 Å². The number of fused-ring (bicyclic) bond motifs is 8. The van der Waals surface area contributed by atoms with Gasteiger partial charge >= 0.3 is 0 Å². The molecule has 9 rings (SSSR count). The first-order valence-electron chi connectivity index (χ1n) is 16.2. The Morgan fingerprint density at radius 2 is 1.19 bits per heavy atom. The Labute approximate surface area is 278 Å². The number of benzene rings is 7. The zero-order valence-corrected chi connectivity index (χ0v) is 26.6. The van der Waals surface area contributed by atoms with E-state index in [1.165, 1.54) is 39.8 Å². The first-order valence-corrected chi connectivity index (χ1v) is 16.2. The van der Waals surface area contributed by atoms with E-state index in [2.05, 4.69) is 110 Å². The van der Waals surface area contributed by atoms with E-state index in [0.29, 0.717) is 5.69 Å². The summed E-state index contributed by atoms with van der Waals surface area (Å²) in [7, 11) is 0. The molecule has 0 saturated heterocycles. The molecule has 226 valence electrons. The summed E-state index contributed by atoms with van der Waals surface area (Å²) in [5.74, 6) is -0.265. The molecule has 48 heavy (non-hydrogen) atoms. The summed E-state index contributed by atoms with van der Waals surface area (Å²) in [6.07, 6.45) is 0. The van der Waals surface area contributed by atoms with Crippen molar-refractivity contribution in [2.45, 2.75) is 19.3 Å². The molecule has 0 spiro atoms.